The van der Waals surface area contributed by atoms with E-state index in [0.717, 1.165) is 18.2 Å². The molecule has 0 amide bonds. The zero-order valence-corrected chi connectivity index (χ0v) is 21.3. The van der Waals surface area contributed by atoms with Gasteiger partial charge in [0, 0.05) is 36.0 Å². The van der Waals surface area contributed by atoms with Crippen LogP contribution in [0.5, 0.6) is 11.5 Å². The highest BCUT2D eigenvalue weighted by molar-refractivity contribution is 6.39. The second kappa shape index (κ2) is 12.0. The summed E-state index contributed by atoms with van der Waals surface area (Å²) in [6.45, 7) is 3.90. The van der Waals surface area contributed by atoms with Crippen LogP contribution in [0.25, 0.3) is 21.8 Å². The number of aromatic hydroxyl groups is 1. The zero-order valence-electron chi connectivity index (χ0n) is 19.8. The number of pyridine rings is 2. The molecule has 1 N–H and O–H groups in total. The molecule has 0 aliphatic heterocycles. The molecule has 35 heavy (non-hydrogen) atoms. The summed E-state index contributed by atoms with van der Waals surface area (Å²) < 4.78 is 5.22. The Hall–Kier alpha value is -3.22. The van der Waals surface area contributed by atoms with E-state index in [1.54, 1.807) is 25.3 Å². The number of phenols is 1. The van der Waals surface area contributed by atoms with Gasteiger partial charge in [0.2, 0.25) is 0 Å². The van der Waals surface area contributed by atoms with Crippen molar-refractivity contribution in [3.05, 3.63) is 70.0 Å². The minimum atomic E-state index is -0.0183. The molecule has 0 aliphatic carbocycles. The minimum absolute atomic E-state index is 0.0183. The molecule has 0 saturated heterocycles. The van der Waals surface area contributed by atoms with Gasteiger partial charge in [-0.25, -0.2) is 0 Å². The number of Topliss-reactive ketones (excluding diaryl/α,β-unsaturated/α-hetero) is 2. The topological polar surface area (TPSA) is 89.4 Å². The van der Waals surface area contributed by atoms with Gasteiger partial charge in [-0.05, 0) is 25.0 Å². The van der Waals surface area contributed by atoms with Crippen LogP contribution >= 0.6 is 23.2 Å². The average Bonchev–Trinajstić information content (AvgIpc) is 2.85. The number of benzene rings is 2. The van der Waals surface area contributed by atoms with Crippen molar-refractivity contribution in [2.45, 2.75) is 39.5 Å². The Labute approximate surface area is 213 Å². The predicted octanol–water partition coefficient (Wildman–Crippen LogP) is 7.46. The average molecular weight is 513 g/mol. The number of phenolic OH excluding ortho intramolecular Hbond substituents is 1. The fourth-order valence-electron chi connectivity index (χ4n) is 3.62. The number of rotatable bonds is 7. The number of hydrogen-bond acceptors (Lipinski definition) is 6. The van der Waals surface area contributed by atoms with Gasteiger partial charge in [0.15, 0.2) is 11.6 Å². The summed E-state index contributed by atoms with van der Waals surface area (Å²) in [5.74, 6) is 0.734. The van der Waals surface area contributed by atoms with Crippen LogP contribution in [0.3, 0.4) is 0 Å². The Bertz CT molecular complexity index is 1390. The smallest absolute Gasteiger partial charge is 0.165 e. The number of para-hydroxylation sites is 2. The maximum Gasteiger partial charge on any atom is 0.165 e. The maximum atomic E-state index is 11.9. The van der Waals surface area contributed by atoms with Gasteiger partial charge in [-0.15, -0.1) is 0 Å². The lowest BCUT2D eigenvalue weighted by Gasteiger charge is -2.08. The summed E-state index contributed by atoms with van der Waals surface area (Å²) in [5.41, 5.74) is 2.01. The Morgan fingerprint density at radius 3 is 1.83 bits per heavy atom. The molecule has 2 aromatic carbocycles. The Morgan fingerprint density at radius 2 is 1.31 bits per heavy atom. The van der Waals surface area contributed by atoms with Crippen molar-refractivity contribution in [1.29, 1.82) is 0 Å². The lowest BCUT2D eigenvalue weighted by molar-refractivity contribution is 0.0973. The Kier molecular flexibility index (Phi) is 9.01. The summed E-state index contributed by atoms with van der Waals surface area (Å²) >= 11 is 12.5. The summed E-state index contributed by atoms with van der Waals surface area (Å²) in [6, 6.07) is 10.5. The Balaban J connectivity index is 0.000000196. The Morgan fingerprint density at radius 1 is 0.829 bits per heavy atom. The van der Waals surface area contributed by atoms with Gasteiger partial charge in [0.25, 0.3) is 0 Å². The van der Waals surface area contributed by atoms with Crippen molar-refractivity contribution >= 4 is 56.6 Å². The molecular weight excluding hydrogens is 487 g/mol. The standard InChI is InChI=1S/C14H14ClNO2.C13H12ClNO2/c1-3-5-11(17)10-8-16-14-9(13(10)15)6-4-7-12(14)18-2;1-2-4-10(16)9-7-15-13-8(12(9)14)5-3-6-11(13)17/h4,6-8H,3,5H2,1-2H3;3,5-7,17H,2,4H2,1H3. The minimum Gasteiger partial charge on any atom is -0.506 e. The van der Waals surface area contributed by atoms with Crippen molar-refractivity contribution in [2.24, 2.45) is 0 Å². The van der Waals surface area contributed by atoms with Gasteiger partial charge < -0.3 is 9.84 Å². The molecule has 0 fully saturated rings. The van der Waals surface area contributed by atoms with Crippen molar-refractivity contribution in [3.63, 3.8) is 0 Å². The van der Waals surface area contributed by atoms with Crippen molar-refractivity contribution in [3.8, 4) is 11.5 Å². The highest BCUT2D eigenvalue weighted by Gasteiger charge is 2.16. The number of aromatic nitrogens is 2. The molecule has 0 radical (unpaired) electrons. The number of methoxy groups -OCH3 is 1. The quantitative estimate of drug-likeness (QED) is 0.258. The summed E-state index contributed by atoms with van der Waals surface area (Å²) in [4.78, 5) is 32.1. The number of nitrogens with zero attached hydrogens (tertiary/aromatic N) is 2. The molecular formula is C27H26Cl2N2O4. The van der Waals surface area contributed by atoms with E-state index in [1.807, 2.05) is 32.0 Å². The largest absolute Gasteiger partial charge is 0.506 e. The van der Waals surface area contributed by atoms with Gasteiger partial charge in [-0.2, -0.15) is 0 Å². The van der Waals surface area contributed by atoms with Crippen LogP contribution in [0.2, 0.25) is 10.0 Å². The molecule has 182 valence electrons. The van der Waals surface area contributed by atoms with Crippen LogP contribution in [0.4, 0.5) is 0 Å². The second-order valence-electron chi connectivity index (χ2n) is 7.85. The third-order valence-electron chi connectivity index (χ3n) is 5.38. The highest BCUT2D eigenvalue weighted by atomic mass is 35.5. The summed E-state index contributed by atoms with van der Waals surface area (Å²) in [7, 11) is 1.58. The molecule has 2 heterocycles. The van der Waals surface area contributed by atoms with Gasteiger partial charge in [0.05, 0.1) is 28.3 Å². The molecule has 0 atom stereocenters. The fraction of sp³-hybridized carbons (Fsp3) is 0.259. The third-order valence-corrected chi connectivity index (χ3v) is 6.19. The van der Waals surface area contributed by atoms with Crippen LogP contribution in [0.15, 0.2) is 48.8 Å². The number of halogens is 2. The first-order valence-electron chi connectivity index (χ1n) is 11.3. The molecule has 4 rings (SSSR count). The zero-order chi connectivity index (χ0) is 25.5. The molecule has 2 aromatic heterocycles. The molecule has 4 aromatic rings. The first-order valence-corrected chi connectivity index (χ1v) is 12.0. The number of hydrogen-bond donors (Lipinski definition) is 1. The van der Waals surface area contributed by atoms with Crippen LogP contribution < -0.4 is 4.74 Å². The third kappa shape index (κ3) is 5.72. The highest BCUT2D eigenvalue weighted by Crippen LogP contribution is 2.32. The number of ether oxygens (including phenoxy) is 1. The van der Waals surface area contributed by atoms with E-state index in [2.05, 4.69) is 9.97 Å². The van der Waals surface area contributed by atoms with E-state index in [9.17, 15) is 14.7 Å². The van der Waals surface area contributed by atoms with E-state index < -0.39 is 0 Å². The molecule has 6 nitrogen and oxygen atoms in total. The number of fused-ring (bicyclic) bond motifs is 2. The molecule has 0 unspecified atom stereocenters. The van der Waals surface area contributed by atoms with E-state index in [1.165, 1.54) is 12.4 Å². The van der Waals surface area contributed by atoms with E-state index in [0.29, 0.717) is 56.2 Å². The van der Waals surface area contributed by atoms with E-state index in [4.69, 9.17) is 27.9 Å². The number of carbonyl (C=O) groups is 2. The molecule has 0 bridgehead atoms. The first-order chi connectivity index (χ1) is 16.8. The summed E-state index contributed by atoms with van der Waals surface area (Å²) in [6.07, 6.45) is 5.47. The monoisotopic (exact) mass is 512 g/mol. The molecule has 0 aliphatic rings. The van der Waals surface area contributed by atoms with Gasteiger partial charge >= 0.3 is 0 Å². The fourth-order valence-corrected chi connectivity index (χ4v) is 4.23. The lowest BCUT2D eigenvalue weighted by Crippen LogP contribution is -2.01. The van der Waals surface area contributed by atoms with E-state index in [-0.39, 0.29) is 17.3 Å². The van der Waals surface area contributed by atoms with Gasteiger partial charge in [-0.3, -0.25) is 19.6 Å². The molecule has 0 saturated carbocycles. The second-order valence-corrected chi connectivity index (χ2v) is 8.60. The van der Waals surface area contributed by atoms with Crippen LogP contribution in [0, 0.1) is 0 Å². The van der Waals surface area contributed by atoms with Crippen LogP contribution in [0.1, 0.15) is 60.2 Å². The SMILES string of the molecule is CCCC(=O)c1cnc2c(O)cccc2c1Cl.CCCC(=O)c1cnc2c(OC)cccc2c1Cl. The first kappa shape index (κ1) is 26.4. The van der Waals surface area contributed by atoms with Crippen molar-refractivity contribution < 1.29 is 19.4 Å². The van der Waals surface area contributed by atoms with Gasteiger partial charge in [0.1, 0.15) is 22.5 Å². The molecule has 8 heteroatoms. The van der Waals surface area contributed by atoms with Crippen LogP contribution in [-0.4, -0.2) is 33.8 Å². The summed E-state index contributed by atoms with van der Waals surface area (Å²) in [5, 5.41) is 11.8. The van der Waals surface area contributed by atoms with Crippen LogP contribution in [-0.2, 0) is 0 Å². The lowest BCUT2D eigenvalue weighted by atomic mass is 10.1. The maximum absolute atomic E-state index is 11.9. The van der Waals surface area contributed by atoms with Gasteiger partial charge in [-0.1, -0.05) is 61.3 Å². The van der Waals surface area contributed by atoms with Crippen molar-refractivity contribution in [2.75, 3.05) is 7.11 Å². The number of ketones is 2. The number of carbonyl (C=O) groups excluding carboxylic acids is 2. The predicted molar refractivity (Wildman–Crippen MR) is 140 cm³/mol. The van der Waals surface area contributed by atoms with E-state index >= 15 is 0 Å². The van der Waals surface area contributed by atoms with Crippen molar-refractivity contribution in [1.82, 2.24) is 9.97 Å². The normalized spacial score (nSPS) is 10.7. The molecule has 0 spiro atoms.